The maximum absolute atomic E-state index is 14.2. The number of nitrogens with zero attached hydrogens (tertiary/aromatic N) is 1. The molecule has 1 aliphatic heterocycles. The molecule has 5 rings (SSSR count). The third-order valence-corrected chi connectivity index (χ3v) is 5.80. The predicted octanol–water partition coefficient (Wildman–Crippen LogP) is 5.52. The van der Waals surface area contributed by atoms with Gasteiger partial charge in [-0.25, -0.2) is 22.0 Å². The van der Waals surface area contributed by atoms with Gasteiger partial charge < -0.3 is 5.32 Å². The highest BCUT2D eigenvalue weighted by Gasteiger charge is 2.37. The standard InChI is InChI=1S/C26H13F5N2O4/c27-18-19(28)21(30)23(22(31)20(18)29)32-24(34)17-13(10-9-12-5-1-2-6-14(12)17)11-37-33-25(35)15-7-3-4-8-16(15)26(33)36/h1-10H,11H2,(H,32,34). The zero-order chi connectivity index (χ0) is 26.4. The van der Waals surface area contributed by atoms with Gasteiger partial charge in [0, 0.05) is 0 Å². The lowest BCUT2D eigenvalue weighted by Gasteiger charge is -2.17. The monoisotopic (exact) mass is 512 g/mol. The summed E-state index contributed by atoms with van der Waals surface area (Å²) < 4.78 is 69.2. The summed E-state index contributed by atoms with van der Waals surface area (Å²) in [4.78, 5) is 43.8. The molecule has 11 heteroatoms. The van der Waals surface area contributed by atoms with Crippen molar-refractivity contribution in [2.75, 3.05) is 5.32 Å². The number of amides is 3. The fourth-order valence-electron chi connectivity index (χ4n) is 4.01. The Morgan fingerprint density at radius 3 is 1.89 bits per heavy atom. The van der Waals surface area contributed by atoms with E-state index in [1.165, 1.54) is 24.3 Å². The zero-order valence-electron chi connectivity index (χ0n) is 18.5. The van der Waals surface area contributed by atoms with Gasteiger partial charge in [0.1, 0.15) is 12.3 Å². The van der Waals surface area contributed by atoms with Gasteiger partial charge in [-0.3, -0.25) is 19.2 Å². The Bertz CT molecular complexity index is 1580. The van der Waals surface area contributed by atoms with Crippen molar-refractivity contribution >= 4 is 34.2 Å². The van der Waals surface area contributed by atoms with Gasteiger partial charge in [-0.2, -0.15) is 0 Å². The number of imide groups is 1. The number of anilines is 1. The number of benzene rings is 4. The topological polar surface area (TPSA) is 75.7 Å². The van der Waals surface area contributed by atoms with Crippen molar-refractivity contribution in [2.24, 2.45) is 0 Å². The van der Waals surface area contributed by atoms with E-state index in [0.29, 0.717) is 10.4 Å². The quantitative estimate of drug-likeness (QED) is 0.166. The number of carbonyl (C=O) groups excluding carboxylic acids is 3. The molecular formula is C26H13F5N2O4. The van der Waals surface area contributed by atoms with Crippen molar-refractivity contribution in [1.29, 1.82) is 0 Å². The van der Waals surface area contributed by atoms with Crippen molar-refractivity contribution in [3.05, 3.63) is 112 Å². The molecule has 4 aromatic rings. The lowest BCUT2D eigenvalue weighted by Crippen LogP contribution is -2.30. The number of halogens is 5. The maximum Gasteiger partial charge on any atom is 0.285 e. The largest absolute Gasteiger partial charge is 0.317 e. The number of carbonyl (C=O) groups is 3. The molecule has 1 N–H and O–H groups in total. The lowest BCUT2D eigenvalue weighted by atomic mass is 9.98. The summed E-state index contributed by atoms with van der Waals surface area (Å²) in [6.07, 6.45) is 0. The van der Waals surface area contributed by atoms with E-state index >= 15 is 0 Å². The van der Waals surface area contributed by atoms with E-state index in [0.717, 1.165) is 0 Å². The molecule has 0 aliphatic carbocycles. The summed E-state index contributed by atoms with van der Waals surface area (Å²) in [6.45, 7) is -0.518. The molecule has 0 aromatic heterocycles. The van der Waals surface area contributed by atoms with Gasteiger partial charge in [-0.05, 0) is 28.5 Å². The Morgan fingerprint density at radius 2 is 1.27 bits per heavy atom. The first-order valence-corrected chi connectivity index (χ1v) is 10.6. The maximum atomic E-state index is 14.2. The Morgan fingerprint density at radius 1 is 0.730 bits per heavy atom. The van der Waals surface area contributed by atoms with Gasteiger partial charge in [0.25, 0.3) is 17.7 Å². The minimum absolute atomic E-state index is 0.0663. The SMILES string of the molecule is O=C(Nc1c(F)c(F)c(F)c(F)c1F)c1c(CON2C(=O)c3ccccc3C2=O)ccc2ccccc12. The van der Waals surface area contributed by atoms with E-state index in [4.69, 9.17) is 4.84 Å². The van der Waals surface area contributed by atoms with Crippen LogP contribution in [0.4, 0.5) is 27.6 Å². The third kappa shape index (κ3) is 3.89. The average Bonchev–Trinajstić information content (AvgIpc) is 3.16. The van der Waals surface area contributed by atoms with Crippen molar-refractivity contribution < 1.29 is 41.2 Å². The highest BCUT2D eigenvalue weighted by Crippen LogP contribution is 2.30. The predicted molar refractivity (Wildman–Crippen MR) is 120 cm³/mol. The first-order chi connectivity index (χ1) is 17.7. The summed E-state index contributed by atoms with van der Waals surface area (Å²) in [5.41, 5.74) is -1.44. The Balaban J connectivity index is 1.51. The summed E-state index contributed by atoms with van der Waals surface area (Å²) in [6, 6.07) is 15.4. The smallest absolute Gasteiger partial charge is 0.285 e. The number of fused-ring (bicyclic) bond motifs is 2. The molecule has 0 bridgehead atoms. The van der Waals surface area contributed by atoms with Gasteiger partial charge >= 0.3 is 0 Å². The molecule has 4 aromatic carbocycles. The molecule has 3 amide bonds. The van der Waals surface area contributed by atoms with Crippen LogP contribution in [0.2, 0.25) is 0 Å². The number of rotatable bonds is 5. The Kier molecular flexibility index (Phi) is 5.92. The molecule has 0 spiro atoms. The number of hydrogen-bond acceptors (Lipinski definition) is 4. The third-order valence-electron chi connectivity index (χ3n) is 5.80. The van der Waals surface area contributed by atoms with Gasteiger partial charge in [0.05, 0.1) is 16.7 Å². The second kappa shape index (κ2) is 9.10. The number of hydroxylamine groups is 2. The summed E-state index contributed by atoms with van der Waals surface area (Å²) in [7, 11) is 0. The highest BCUT2D eigenvalue weighted by molar-refractivity contribution is 6.20. The fraction of sp³-hybridized carbons (Fsp3) is 0.0385. The van der Waals surface area contributed by atoms with Gasteiger partial charge in [-0.1, -0.05) is 48.5 Å². The van der Waals surface area contributed by atoms with E-state index < -0.39 is 59.1 Å². The Hall–Kier alpha value is -4.64. The second-order valence-electron chi connectivity index (χ2n) is 7.94. The van der Waals surface area contributed by atoms with Crippen molar-refractivity contribution in [3.63, 3.8) is 0 Å². The molecule has 1 aliphatic rings. The average molecular weight is 512 g/mol. The molecule has 0 fully saturated rings. The van der Waals surface area contributed by atoms with Crippen molar-refractivity contribution in [3.8, 4) is 0 Å². The van der Waals surface area contributed by atoms with Crippen LogP contribution < -0.4 is 5.32 Å². The molecule has 6 nitrogen and oxygen atoms in total. The molecule has 37 heavy (non-hydrogen) atoms. The number of hydrogen-bond donors (Lipinski definition) is 1. The van der Waals surface area contributed by atoms with Gasteiger partial charge in [0.2, 0.25) is 5.82 Å². The Labute approximate surface area is 204 Å². The van der Waals surface area contributed by atoms with E-state index in [1.807, 2.05) is 0 Å². The van der Waals surface area contributed by atoms with Crippen LogP contribution in [0.3, 0.4) is 0 Å². The first-order valence-electron chi connectivity index (χ1n) is 10.6. The molecular weight excluding hydrogens is 499 g/mol. The van der Waals surface area contributed by atoms with Crippen LogP contribution >= 0.6 is 0 Å². The molecule has 0 saturated carbocycles. The van der Waals surface area contributed by atoms with Crippen LogP contribution in [0.25, 0.3) is 10.8 Å². The van der Waals surface area contributed by atoms with E-state index in [1.54, 1.807) is 41.7 Å². The van der Waals surface area contributed by atoms with Crippen LogP contribution in [0, 0.1) is 29.1 Å². The van der Waals surface area contributed by atoms with Crippen molar-refractivity contribution in [2.45, 2.75) is 6.61 Å². The minimum Gasteiger partial charge on any atom is -0.317 e. The normalized spacial score (nSPS) is 12.8. The van der Waals surface area contributed by atoms with Crippen LogP contribution in [0.1, 0.15) is 36.6 Å². The molecule has 0 atom stereocenters. The van der Waals surface area contributed by atoms with E-state index in [-0.39, 0.29) is 27.6 Å². The van der Waals surface area contributed by atoms with Crippen LogP contribution in [-0.4, -0.2) is 22.8 Å². The van der Waals surface area contributed by atoms with E-state index in [2.05, 4.69) is 0 Å². The molecule has 0 unspecified atom stereocenters. The summed E-state index contributed by atoms with van der Waals surface area (Å²) in [5.74, 6) is -13.9. The molecule has 186 valence electrons. The number of nitrogens with one attached hydrogen (secondary N) is 1. The molecule has 0 saturated heterocycles. The summed E-state index contributed by atoms with van der Waals surface area (Å²) >= 11 is 0. The zero-order valence-corrected chi connectivity index (χ0v) is 18.5. The fourth-order valence-corrected chi connectivity index (χ4v) is 4.01. The lowest BCUT2D eigenvalue weighted by molar-refractivity contribution is -0.101. The van der Waals surface area contributed by atoms with Gasteiger partial charge in [0.15, 0.2) is 23.3 Å². The van der Waals surface area contributed by atoms with Crippen molar-refractivity contribution in [1.82, 2.24) is 5.06 Å². The summed E-state index contributed by atoms with van der Waals surface area (Å²) in [5, 5.41) is 3.04. The minimum atomic E-state index is -2.37. The van der Waals surface area contributed by atoms with Crippen LogP contribution in [0.15, 0.2) is 60.7 Å². The molecule has 0 radical (unpaired) electrons. The van der Waals surface area contributed by atoms with Crippen LogP contribution in [-0.2, 0) is 11.4 Å². The second-order valence-corrected chi connectivity index (χ2v) is 7.94. The highest BCUT2D eigenvalue weighted by atomic mass is 19.2. The van der Waals surface area contributed by atoms with Crippen LogP contribution in [0.5, 0.6) is 0 Å². The van der Waals surface area contributed by atoms with Gasteiger partial charge in [-0.15, -0.1) is 5.06 Å². The first kappa shape index (κ1) is 24.1. The van der Waals surface area contributed by atoms with E-state index in [9.17, 15) is 36.3 Å². The molecule has 1 heterocycles.